The molecule has 3 nitrogen and oxygen atoms in total. The molecule has 0 saturated carbocycles. The molecule has 0 aliphatic rings. The summed E-state index contributed by atoms with van der Waals surface area (Å²) in [4.78, 5) is 4.23. The van der Waals surface area contributed by atoms with E-state index in [1.807, 2.05) is 13.8 Å². The third-order valence-corrected chi connectivity index (χ3v) is 2.21. The Kier molecular flexibility index (Phi) is 3.25. The van der Waals surface area contributed by atoms with E-state index in [4.69, 9.17) is 22.4 Å². The van der Waals surface area contributed by atoms with E-state index in [1.54, 1.807) is 6.07 Å². The highest BCUT2D eigenvalue weighted by atomic mass is 35.5. The van der Waals surface area contributed by atoms with Crippen LogP contribution in [0.4, 0.5) is 0 Å². The fourth-order valence-electron chi connectivity index (χ4n) is 1.33. The smallest absolute Gasteiger partial charge is 0.0625 e. The lowest BCUT2D eigenvalue weighted by molar-refractivity contribution is 0.267. The number of hydrogen-bond donors (Lipinski definition) is 2. The Labute approximate surface area is 82.5 Å². The van der Waals surface area contributed by atoms with Gasteiger partial charge in [-0.2, -0.15) is 0 Å². The van der Waals surface area contributed by atoms with E-state index in [-0.39, 0.29) is 6.61 Å². The molecule has 0 amide bonds. The second-order valence-electron chi connectivity index (χ2n) is 3.03. The standard InChI is InChI=1S/C9H13ClN2O/c1-5-3-7(10)9(6(2)12-5)8(11)4-13/h3,8,13H,4,11H2,1-2H3/t8-/m0/s1. The largest absolute Gasteiger partial charge is 0.394 e. The maximum absolute atomic E-state index is 8.89. The van der Waals surface area contributed by atoms with Crippen LogP contribution in [0, 0.1) is 13.8 Å². The van der Waals surface area contributed by atoms with Crippen molar-refractivity contribution in [1.82, 2.24) is 4.98 Å². The zero-order valence-electron chi connectivity index (χ0n) is 7.71. The number of rotatable bonds is 2. The van der Waals surface area contributed by atoms with Gasteiger partial charge in [0.25, 0.3) is 0 Å². The van der Waals surface area contributed by atoms with Crippen molar-refractivity contribution in [2.45, 2.75) is 19.9 Å². The minimum absolute atomic E-state index is 0.120. The zero-order chi connectivity index (χ0) is 10.0. The molecule has 0 saturated heterocycles. The second-order valence-corrected chi connectivity index (χ2v) is 3.44. The van der Waals surface area contributed by atoms with Gasteiger partial charge in [-0.05, 0) is 19.9 Å². The summed E-state index contributed by atoms with van der Waals surface area (Å²) in [5, 5.41) is 9.47. The van der Waals surface area contributed by atoms with Crippen molar-refractivity contribution in [2.24, 2.45) is 5.73 Å². The first-order valence-corrected chi connectivity index (χ1v) is 4.44. The van der Waals surface area contributed by atoms with Crippen LogP contribution in [-0.2, 0) is 0 Å². The molecule has 0 fully saturated rings. The van der Waals surface area contributed by atoms with E-state index in [0.29, 0.717) is 5.02 Å². The van der Waals surface area contributed by atoms with Crippen LogP contribution in [0.2, 0.25) is 5.02 Å². The molecule has 0 unspecified atom stereocenters. The molecule has 0 radical (unpaired) electrons. The minimum Gasteiger partial charge on any atom is -0.394 e. The Bertz CT molecular complexity index is 291. The number of nitrogens with two attached hydrogens (primary N) is 1. The maximum Gasteiger partial charge on any atom is 0.0625 e. The first-order chi connectivity index (χ1) is 6.06. The van der Waals surface area contributed by atoms with E-state index in [2.05, 4.69) is 4.98 Å². The molecule has 72 valence electrons. The molecule has 13 heavy (non-hydrogen) atoms. The Balaban J connectivity index is 3.20. The Morgan fingerprint density at radius 3 is 2.69 bits per heavy atom. The molecule has 1 aromatic rings. The molecule has 3 N–H and O–H groups in total. The van der Waals surface area contributed by atoms with Gasteiger partial charge in [0.15, 0.2) is 0 Å². The van der Waals surface area contributed by atoms with Gasteiger partial charge in [0.05, 0.1) is 12.6 Å². The Hall–Kier alpha value is -0.640. The Morgan fingerprint density at radius 2 is 2.23 bits per heavy atom. The van der Waals surface area contributed by atoms with E-state index in [0.717, 1.165) is 17.0 Å². The molecule has 0 aliphatic carbocycles. The van der Waals surface area contributed by atoms with Gasteiger partial charge in [0.1, 0.15) is 0 Å². The molecule has 1 rings (SSSR count). The van der Waals surface area contributed by atoms with E-state index < -0.39 is 6.04 Å². The van der Waals surface area contributed by atoms with Gasteiger partial charge >= 0.3 is 0 Å². The number of aromatic nitrogens is 1. The molecular formula is C9H13ClN2O. The van der Waals surface area contributed by atoms with Crippen LogP contribution in [0.5, 0.6) is 0 Å². The zero-order valence-corrected chi connectivity index (χ0v) is 8.47. The average molecular weight is 201 g/mol. The van der Waals surface area contributed by atoms with Gasteiger partial charge in [0.2, 0.25) is 0 Å². The highest BCUT2D eigenvalue weighted by molar-refractivity contribution is 6.31. The lowest BCUT2D eigenvalue weighted by Crippen LogP contribution is -2.17. The highest BCUT2D eigenvalue weighted by Gasteiger charge is 2.13. The third-order valence-electron chi connectivity index (χ3n) is 1.89. The SMILES string of the molecule is Cc1cc(Cl)c([C@@H](N)CO)c(C)n1. The van der Waals surface area contributed by atoms with Crippen molar-refractivity contribution < 1.29 is 5.11 Å². The van der Waals surface area contributed by atoms with Crippen molar-refractivity contribution in [3.05, 3.63) is 28.0 Å². The lowest BCUT2D eigenvalue weighted by atomic mass is 10.1. The maximum atomic E-state index is 8.89. The van der Waals surface area contributed by atoms with E-state index in [1.165, 1.54) is 0 Å². The fourth-order valence-corrected chi connectivity index (χ4v) is 1.76. The molecule has 0 bridgehead atoms. The molecule has 0 aromatic carbocycles. The van der Waals surface area contributed by atoms with Crippen molar-refractivity contribution in [2.75, 3.05) is 6.61 Å². The number of aliphatic hydroxyl groups excluding tert-OH is 1. The van der Waals surface area contributed by atoms with E-state index in [9.17, 15) is 0 Å². The number of nitrogens with zero attached hydrogens (tertiary/aromatic N) is 1. The summed E-state index contributed by atoms with van der Waals surface area (Å²) in [6.45, 7) is 3.59. The van der Waals surface area contributed by atoms with Crippen molar-refractivity contribution in [3.8, 4) is 0 Å². The molecular weight excluding hydrogens is 188 g/mol. The summed E-state index contributed by atoms with van der Waals surface area (Å²) in [7, 11) is 0. The van der Waals surface area contributed by atoms with Gasteiger partial charge in [-0.1, -0.05) is 11.6 Å². The number of halogens is 1. The molecule has 4 heteroatoms. The highest BCUT2D eigenvalue weighted by Crippen LogP contribution is 2.24. The first kappa shape index (κ1) is 10.4. The van der Waals surface area contributed by atoms with Crippen LogP contribution in [0.15, 0.2) is 6.07 Å². The number of aliphatic hydroxyl groups is 1. The molecule has 1 heterocycles. The monoisotopic (exact) mass is 200 g/mol. The summed E-state index contributed by atoms with van der Waals surface area (Å²) < 4.78 is 0. The van der Waals surface area contributed by atoms with Gasteiger partial charge in [-0.15, -0.1) is 0 Å². The number of aryl methyl sites for hydroxylation is 2. The van der Waals surface area contributed by atoms with Crippen LogP contribution >= 0.6 is 11.6 Å². The summed E-state index contributed by atoms with van der Waals surface area (Å²) >= 11 is 5.98. The van der Waals surface area contributed by atoms with E-state index >= 15 is 0 Å². The average Bonchev–Trinajstić information content (AvgIpc) is 2.02. The molecule has 0 aliphatic heterocycles. The first-order valence-electron chi connectivity index (χ1n) is 4.06. The van der Waals surface area contributed by atoms with Crippen LogP contribution in [0.3, 0.4) is 0 Å². The normalized spacial score (nSPS) is 13.0. The predicted octanol–water partition coefficient (Wildman–Crippen LogP) is 1.34. The minimum atomic E-state index is -0.444. The molecule has 1 aromatic heterocycles. The summed E-state index contributed by atoms with van der Waals surface area (Å²) in [5.74, 6) is 0. The third kappa shape index (κ3) is 2.18. The topological polar surface area (TPSA) is 59.1 Å². The van der Waals surface area contributed by atoms with Gasteiger partial charge in [0, 0.05) is 22.0 Å². The van der Waals surface area contributed by atoms with Crippen LogP contribution < -0.4 is 5.73 Å². The van der Waals surface area contributed by atoms with Gasteiger partial charge in [-0.3, -0.25) is 4.98 Å². The Morgan fingerprint density at radius 1 is 1.62 bits per heavy atom. The quantitative estimate of drug-likeness (QED) is 0.758. The summed E-state index contributed by atoms with van der Waals surface area (Å²) in [6, 6.07) is 1.31. The van der Waals surface area contributed by atoms with Crippen LogP contribution in [-0.4, -0.2) is 16.7 Å². The second kappa shape index (κ2) is 4.05. The molecule has 0 spiro atoms. The summed E-state index contributed by atoms with van der Waals surface area (Å²) in [6.07, 6.45) is 0. The van der Waals surface area contributed by atoms with Crippen molar-refractivity contribution in [3.63, 3.8) is 0 Å². The number of pyridine rings is 1. The molecule has 1 atom stereocenters. The number of hydrogen-bond acceptors (Lipinski definition) is 3. The fraction of sp³-hybridized carbons (Fsp3) is 0.444. The summed E-state index contributed by atoms with van der Waals surface area (Å²) in [5.41, 5.74) is 8.04. The van der Waals surface area contributed by atoms with Crippen molar-refractivity contribution in [1.29, 1.82) is 0 Å². The van der Waals surface area contributed by atoms with Crippen LogP contribution in [0.1, 0.15) is 23.0 Å². The van der Waals surface area contributed by atoms with Crippen molar-refractivity contribution >= 4 is 11.6 Å². The van der Waals surface area contributed by atoms with Gasteiger partial charge < -0.3 is 10.8 Å². The van der Waals surface area contributed by atoms with Crippen LogP contribution in [0.25, 0.3) is 0 Å². The van der Waals surface area contributed by atoms with Gasteiger partial charge in [-0.25, -0.2) is 0 Å². The predicted molar refractivity (Wildman–Crippen MR) is 52.7 cm³/mol. The lowest BCUT2D eigenvalue weighted by Gasteiger charge is -2.13.